The fourth-order valence-corrected chi connectivity index (χ4v) is 2.58. The van der Waals surface area contributed by atoms with E-state index in [-0.39, 0.29) is 6.10 Å². The number of thiophene rings is 1. The maximum atomic E-state index is 9.80. The number of hydrogen-bond acceptors (Lipinski definition) is 4. The minimum absolute atomic E-state index is 0.175. The van der Waals surface area contributed by atoms with E-state index in [0.29, 0.717) is 13.2 Å². The zero-order valence-corrected chi connectivity index (χ0v) is 12.0. The van der Waals surface area contributed by atoms with Crippen molar-refractivity contribution in [2.75, 3.05) is 20.2 Å². The third-order valence-corrected chi connectivity index (χ3v) is 3.53. The van der Waals surface area contributed by atoms with E-state index < -0.39 is 6.10 Å². The summed E-state index contributed by atoms with van der Waals surface area (Å²) in [4.78, 5) is 3.50. The first-order valence-electron chi connectivity index (χ1n) is 6.00. The lowest BCUT2D eigenvalue weighted by molar-refractivity contribution is -0.00627. The Hall–Kier alpha value is -0.420. The second kappa shape index (κ2) is 7.11. The number of aryl methyl sites for hydroxylation is 1. The summed E-state index contributed by atoms with van der Waals surface area (Å²) in [5.74, 6) is 0. The summed E-state index contributed by atoms with van der Waals surface area (Å²) < 4.78 is 5.39. The Labute approximate surface area is 108 Å². The summed E-state index contributed by atoms with van der Waals surface area (Å²) in [6, 6.07) is 2.13. The van der Waals surface area contributed by atoms with Crippen LogP contribution in [0.5, 0.6) is 0 Å². The van der Waals surface area contributed by atoms with Crippen LogP contribution in [-0.4, -0.2) is 42.4 Å². The van der Waals surface area contributed by atoms with Crippen molar-refractivity contribution in [1.82, 2.24) is 4.90 Å². The standard InChI is InChI=1S/C13H23NO2S/c1-10(2)16-9-12(15)7-14(4)8-13-11(3)5-6-17-13/h5-6,10,12,15H,7-9H2,1-4H3/t12-/m1/s1. The lowest BCUT2D eigenvalue weighted by Gasteiger charge is -2.21. The monoisotopic (exact) mass is 257 g/mol. The molecular formula is C13H23NO2S. The van der Waals surface area contributed by atoms with E-state index >= 15 is 0 Å². The molecule has 0 aliphatic heterocycles. The van der Waals surface area contributed by atoms with E-state index in [4.69, 9.17) is 4.74 Å². The minimum atomic E-state index is -0.414. The highest BCUT2D eigenvalue weighted by Gasteiger charge is 2.11. The lowest BCUT2D eigenvalue weighted by atomic mass is 10.2. The third kappa shape index (κ3) is 5.64. The first kappa shape index (κ1) is 14.6. The summed E-state index contributed by atoms with van der Waals surface area (Å²) in [5, 5.41) is 11.9. The molecular weight excluding hydrogens is 234 g/mol. The van der Waals surface area contributed by atoms with E-state index in [2.05, 4.69) is 23.3 Å². The number of ether oxygens (including phenoxy) is 1. The van der Waals surface area contributed by atoms with Gasteiger partial charge in [-0.1, -0.05) is 0 Å². The molecule has 0 saturated heterocycles. The molecule has 0 fully saturated rings. The molecule has 0 bridgehead atoms. The molecule has 1 aromatic rings. The van der Waals surface area contributed by atoms with E-state index in [1.54, 1.807) is 11.3 Å². The maximum absolute atomic E-state index is 9.80. The lowest BCUT2D eigenvalue weighted by Crippen LogP contribution is -2.32. The summed E-state index contributed by atoms with van der Waals surface area (Å²) in [7, 11) is 2.03. The van der Waals surface area contributed by atoms with Gasteiger partial charge in [0.05, 0.1) is 18.8 Å². The van der Waals surface area contributed by atoms with Gasteiger partial charge in [0.1, 0.15) is 0 Å². The third-order valence-electron chi connectivity index (χ3n) is 2.53. The normalized spacial score (nSPS) is 13.6. The number of aliphatic hydroxyl groups excluding tert-OH is 1. The molecule has 0 amide bonds. The fraction of sp³-hybridized carbons (Fsp3) is 0.692. The number of rotatable bonds is 7. The summed E-state index contributed by atoms with van der Waals surface area (Å²) in [5.41, 5.74) is 1.33. The molecule has 0 spiro atoms. The van der Waals surface area contributed by atoms with Gasteiger partial charge in [-0.2, -0.15) is 0 Å². The largest absolute Gasteiger partial charge is 0.389 e. The van der Waals surface area contributed by atoms with Gasteiger partial charge in [0.15, 0.2) is 0 Å². The minimum Gasteiger partial charge on any atom is -0.389 e. The summed E-state index contributed by atoms with van der Waals surface area (Å²) in [6.45, 7) is 8.02. The average Bonchev–Trinajstić information content (AvgIpc) is 2.61. The predicted molar refractivity (Wildman–Crippen MR) is 72.5 cm³/mol. The van der Waals surface area contributed by atoms with E-state index in [1.807, 2.05) is 20.9 Å². The second-order valence-corrected chi connectivity index (χ2v) is 5.76. The quantitative estimate of drug-likeness (QED) is 0.813. The van der Waals surface area contributed by atoms with Crippen molar-refractivity contribution >= 4 is 11.3 Å². The van der Waals surface area contributed by atoms with Gasteiger partial charge in [-0.05, 0) is 44.8 Å². The second-order valence-electron chi connectivity index (χ2n) is 4.76. The van der Waals surface area contributed by atoms with Crippen LogP contribution in [0.3, 0.4) is 0 Å². The van der Waals surface area contributed by atoms with Gasteiger partial charge in [0.2, 0.25) is 0 Å². The van der Waals surface area contributed by atoms with Crippen LogP contribution in [0.25, 0.3) is 0 Å². The fourth-order valence-electron chi connectivity index (χ4n) is 1.59. The highest BCUT2D eigenvalue weighted by molar-refractivity contribution is 7.10. The van der Waals surface area contributed by atoms with Crippen LogP contribution in [-0.2, 0) is 11.3 Å². The summed E-state index contributed by atoms with van der Waals surface area (Å²) in [6.07, 6.45) is -0.239. The molecule has 3 nitrogen and oxygen atoms in total. The molecule has 1 atom stereocenters. The van der Waals surface area contributed by atoms with Crippen LogP contribution >= 0.6 is 11.3 Å². The maximum Gasteiger partial charge on any atom is 0.0900 e. The van der Waals surface area contributed by atoms with Crippen molar-refractivity contribution in [1.29, 1.82) is 0 Å². The number of nitrogens with zero attached hydrogens (tertiary/aromatic N) is 1. The zero-order valence-electron chi connectivity index (χ0n) is 11.1. The highest BCUT2D eigenvalue weighted by Crippen LogP contribution is 2.17. The molecule has 0 radical (unpaired) electrons. The molecule has 1 heterocycles. The van der Waals surface area contributed by atoms with Gasteiger partial charge in [-0.25, -0.2) is 0 Å². The zero-order chi connectivity index (χ0) is 12.8. The Morgan fingerprint density at radius 1 is 1.47 bits per heavy atom. The molecule has 0 aromatic carbocycles. The smallest absolute Gasteiger partial charge is 0.0900 e. The predicted octanol–water partition coefficient (Wildman–Crippen LogP) is 2.27. The Morgan fingerprint density at radius 3 is 2.71 bits per heavy atom. The molecule has 1 N–H and O–H groups in total. The van der Waals surface area contributed by atoms with Crippen molar-refractivity contribution in [3.63, 3.8) is 0 Å². The van der Waals surface area contributed by atoms with Crippen LogP contribution in [0.2, 0.25) is 0 Å². The van der Waals surface area contributed by atoms with Crippen LogP contribution in [0.4, 0.5) is 0 Å². The molecule has 0 aliphatic carbocycles. The van der Waals surface area contributed by atoms with Crippen LogP contribution < -0.4 is 0 Å². The van der Waals surface area contributed by atoms with Crippen LogP contribution in [0, 0.1) is 6.92 Å². The van der Waals surface area contributed by atoms with Gasteiger partial charge < -0.3 is 9.84 Å². The van der Waals surface area contributed by atoms with Crippen molar-refractivity contribution in [2.24, 2.45) is 0 Å². The van der Waals surface area contributed by atoms with Gasteiger partial charge in [-0.3, -0.25) is 4.90 Å². The summed E-state index contributed by atoms with van der Waals surface area (Å²) >= 11 is 1.77. The number of aliphatic hydroxyl groups is 1. The molecule has 0 aliphatic rings. The Morgan fingerprint density at radius 2 is 2.18 bits per heavy atom. The van der Waals surface area contributed by atoms with Crippen LogP contribution in [0.15, 0.2) is 11.4 Å². The van der Waals surface area contributed by atoms with Crippen molar-refractivity contribution < 1.29 is 9.84 Å². The Kier molecular flexibility index (Phi) is 6.12. The first-order valence-corrected chi connectivity index (χ1v) is 6.88. The molecule has 98 valence electrons. The molecule has 1 rings (SSSR count). The van der Waals surface area contributed by atoms with E-state index in [1.165, 1.54) is 10.4 Å². The van der Waals surface area contributed by atoms with Gasteiger partial charge in [0.25, 0.3) is 0 Å². The van der Waals surface area contributed by atoms with E-state index in [0.717, 1.165) is 6.54 Å². The molecule has 1 aromatic heterocycles. The van der Waals surface area contributed by atoms with Gasteiger partial charge in [0, 0.05) is 18.0 Å². The van der Waals surface area contributed by atoms with Gasteiger partial charge in [-0.15, -0.1) is 11.3 Å². The SMILES string of the molecule is Cc1ccsc1CN(C)C[C@@H](O)COC(C)C. The Balaban J connectivity index is 2.29. The van der Waals surface area contributed by atoms with Crippen molar-refractivity contribution in [2.45, 2.75) is 39.5 Å². The average molecular weight is 257 g/mol. The first-order chi connectivity index (χ1) is 7.99. The Bertz CT molecular complexity index is 325. The van der Waals surface area contributed by atoms with Crippen LogP contribution in [0.1, 0.15) is 24.3 Å². The van der Waals surface area contributed by atoms with Gasteiger partial charge >= 0.3 is 0 Å². The number of likely N-dealkylation sites (N-methyl/N-ethyl adjacent to an activating group) is 1. The van der Waals surface area contributed by atoms with Crippen molar-refractivity contribution in [3.8, 4) is 0 Å². The highest BCUT2D eigenvalue weighted by atomic mass is 32.1. The van der Waals surface area contributed by atoms with E-state index in [9.17, 15) is 5.11 Å². The number of hydrogen-bond donors (Lipinski definition) is 1. The molecule has 4 heteroatoms. The molecule has 0 saturated carbocycles. The molecule has 17 heavy (non-hydrogen) atoms. The molecule has 0 unspecified atom stereocenters. The topological polar surface area (TPSA) is 32.7 Å². The van der Waals surface area contributed by atoms with Crippen molar-refractivity contribution in [3.05, 3.63) is 21.9 Å².